The van der Waals surface area contributed by atoms with Crippen LogP contribution in [0.25, 0.3) is 11.1 Å². The molecule has 2 rings (SSSR count). The molecule has 0 spiro atoms. The predicted molar refractivity (Wildman–Crippen MR) is 52.5 cm³/mol. The lowest BCUT2D eigenvalue weighted by Gasteiger charge is -2.02. The Hall–Kier alpha value is -1.51. The molecule has 0 saturated carbocycles. The molecule has 0 saturated heterocycles. The van der Waals surface area contributed by atoms with E-state index in [-0.39, 0.29) is 6.01 Å². The van der Waals surface area contributed by atoms with Crippen molar-refractivity contribution < 1.29 is 4.42 Å². The third-order valence-electron chi connectivity index (χ3n) is 2.09. The Balaban J connectivity index is 2.61. The highest BCUT2D eigenvalue weighted by atomic mass is 16.4. The summed E-state index contributed by atoms with van der Waals surface area (Å²) in [6, 6.07) is 6.20. The number of oxazole rings is 1. The van der Waals surface area contributed by atoms with Crippen LogP contribution in [0.3, 0.4) is 0 Å². The smallest absolute Gasteiger partial charge is 0.292 e. The minimum Gasteiger partial charge on any atom is -0.424 e. The van der Waals surface area contributed by atoms with Crippen LogP contribution in [0.1, 0.15) is 25.3 Å². The molecule has 1 aromatic carbocycles. The van der Waals surface area contributed by atoms with Crippen molar-refractivity contribution in [2.45, 2.75) is 19.8 Å². The van der Waals surface area contributed by atoms with E-state index < -0.39 is 0 Å². The number of hydrogen-bond acceptors (Lipinski definition) is 3. The summed E-state index contributed by atoms with van der Waals surface area (Å²) in [4.78, 5) is 4.07. The molecule has 1 heterocycles. The molecule has 0 amide bonds. The highest BCUT2D eigenvalue weighted by molar-refractivity contribution is 5.75. The number of fused-ring (bicyclic) bond motifs is 1. The summed E-state index contributed by atoms with van der Waals surface area (Å²) in [7, 11) is 0. The Morgan fingerprint density at radius 1 is 1.38 bits per heavy atom. The first kappa shape index (κ1) is 8.10. The van der Waals surface area contributed by atoms with E-state index in [4.69, 9.17) is 10.2 Å². The van der Waals surface area contributed by atoms with Crippen LogP contribution in [-0.4, -0.2) is 4.98 Å². The number of nitrogens with zero attached hydrogens (tertiary/aromatic N) is 1. The second-order valence-corrected chi connectivity index (χ2v) is 3.43. The average molecular weight is 176 g/mol. The lowest BCUT2D eigenvalue weighted by atomic mass is 10.0. The van der Waals surface area contributed by atoms with Gasteiger partial charge in [-0.05, 0) is 23.6 Å². The molecule has 0 aliphatic rings. The van der Waals surface area contributed by atoms with Crippen molar-refractivity contribution in [2.24, 2.45) is 0 Å². The third-order valence-corrected chi connectivity index (χ3v) is 2.09. The summed E-state index contributed by atoms with van der Waals surface area (Å²) in [5, 5.41) is 0. The monoisotopic (exact) mass is 176 g/mol. The summed E-state index contributed by atoms with van der Waals surface area (Å²) in [5.41, 5.74) is 8.28. The molecular weight excluding hydrogens is 164 g/mol. The van der Waals surface area contributed by atoms with Gasteiger partial charge in [-0.25, -0.2) is 0 Å². The van der Waals surface area contributed by atoms with Gasteiger partial charge >= 0.3 is 0 Å². The molecule has 2 aromatic rings. The van der Waals surface area contributed by atoms with E-state index in [2.05, 4.69) is 18.8 Å². The molecule has 1 aromatic heterocycles. The molecule has 0 fully saturated rings. The highest BCUT2D eigenvalue weighted by Crippen LogP contribution is 2.22. The second-order valence-electron chi connectivity index (χ2n) is 3.43. The SMILES string of the molecule is CC(C)c1ccc2oc(N)nc2c1. The molecule has 2 N–H and O–H groups in total. The standard InChI is InChI=1S/C10H12N2O/c1-6(2)7-3-4-9-8(5-7)12-10(11)13-9/h3-6H,1-2H3,(H2,11,12). The van der Waals surface area contributed by atoms with Gasteiger partial charge in [0, 0.05) is 0 Å². The zero-order chi connectivity index (χ0) is 9.42. The Labute approximate surface area is 76.6 Å². The largest absolute Gasteiger partial charge is 0.424 e. The number of anilines is 1. The average Bonchev–Trinajstić information content (AvgIpc) is 2.42. The lowest BCUT2D eigenvalue weighted by molar-refractivity contribution is 0.626. The quantitative estimate of drug-likeness (QED) is 0.726. The Kier molecular flexibility index (Phi) is 1.72. The molecule has 0 radical (unpaired) electrons. The van der Waals surface area contributed by atoms with Crippen LogP contribution in [0.4, 0.5) is 6.01 Å². The lowest BCUT2D eigenvalue weighted by Crippen LogP contribution is -1.86. The summed E-state index contributed by atoms with van der Waals surface area (Å²) >= 11 is 0. The second kappa shape index (κ2) is 2.76. The Morgan fingerprint density at radius 3 is 2.85 bits per heavy atom. The van der Waals surface area contributed by atoms with Crippen LogP contribution >= 0.6 is 0 Å². The zero-order valence-electron chi connectivity index (χ0n) is 7.74. The maximum atomic E-state index is 5.44. The minimum atomic E-state index is 0.232. The Bertz CT molecular complexity index is 431. The van der Waals surface area contributed by atoms with E-state index >= 15 is 0 Å². The fourth-order valence-electron chi connectivity index (χ4n) is 1.32. The molecule has 68 valence electrons. The van der Waals surface area contributed by atoms with E-state index in [1.165, 1.54) is 5.56 Å². The number of rotatable bonds is 1. The molecule has 0 unspecified atom stereocenters. The molecule has 0 aliphatic carbocycles. The first-order valence-corrected chi connectivity index (χ1v) is 4.33. The van der Waals surface area contributed by atoms with Gasteiger partial charge in [0.2, 0.25) is 0 Å². The maximum absolute atomic E-state index is 5.44. The van der Waals surface area contributed by atoms with Gasteiger partial charge in [0.05, 0.1) is 0 Å². The number of benzene rings is 1. The van der Waals surface area contributed by atoms with Crippen molar-refractivity contribution >= 4 is 17.1 Å². The van der Waals surface area contributed by atoms with Gasteiger partial charge in [-0.15, -0.1) is 0 Å². The summed E-state index contributed by atoms with van der Waals surface area (Å²) < 4.78 is 5.17. The molecular formula is C10H12N2O. The van der Waals surface area contributed by atoms with Gasteiger partial charge in [-0.3, -0.25) is 0 Å². The van der Waals surface area contributed by atoms with Crippen molar-refractivity contribution in [3.8, 4) is 0 Å². The minimum absolute atomic E-state index is 0.232. The zero-order valence-corrected chi connectivity index (χ0v) is 7.74. The van der Waals surface area contributed by atoms with Gasteiger partial charge in [0.25, 0.3) is 6.01 Å². The molecule has 3 heteroatoms. The van der Waals surface area contributed by atoms with Crippen LogP contribution in [0, 0.1) is 0 Å². The molecule has 13 heavy (non-hydrogen) atoms. The van der Waals surface area contributed by atoms with E-state index in [0.717, 1.165) is 11.1 Å². The van der Waals surface area contributed by atoms with Gasteiger partial charge in [-0.2, -0.15) is 4.98 Å². The Morgan fingerprint density at radius 2 is 2.15 bits per heavy atom. The fraction of sp³-hybridized carbons (Fsp3) is 0.300. The van der Waals surface area contributed by atoms with Crippen LogP contribution in [0.15, 0.2) is 22.6 Å². The predicted octanol–water partition coefficient (Wildman–Crippen LogP) is 2.53. The number of aromatic nitrogens is 1. The first-order valence-electron chi connectivity index (χ1n) is 4.33. The van der Waals surface area contributed by atoms with Crippen molar-refractivity contribution in [1.29, 1.82) is 0 Å². The molecule has 3 nitrogen and oxygen atoms in total. The van der Waals surface area contributed by atoms with Crippen LogP contribution in [0.5, 0.6) is 0 Å². The highest BCUT2D eigenvalue weighted by Gasteiger charge is 2.05. The van der Waals surface area contributed by atoms with E-state index in [9.17, 15) is 0 Å². The van der Waals surface area contributed by atoms with Crippen molar-refractivity contribution in [3.05, 3.63) is 23.8 Å². The van der Waals surface area contributed by atoms with Crippen molar-refractivity contribution in [1.82, 2.24) is 4.98 Å². The van der Waals surface area contributed by atoms with Crippen molar-refractivity contribution in [2.75, 3.05) is 5.73 Å². The summed E-state index contributed by atoms with van der Waals surface area (Å²) in [6.45, 7) is 4.29. The van der Waals surface area contributed by atoms with E-state index in [0.29, 0.717) is 5.92 Å². The number of nitrogen functional groups attached to an aromatic ring is 1. The molecule has 0 atom stereocenters. The number of nitrogens with two attached hydrogens (primary N) is 1. The van der Waals surface area contributed by atoms with Crippen LogP contribution in [0.2, 0.25) is 0 Å². The third kappa shape index (κ3) is 1.37. The van der Waals surface area contributed by atoms with Crippen molar-refractivity contribution in [3.63, 3.8) is 0 Å². The summed E-state index contributed by atoms with van der Waals surface area (Å²) in [6.07, 6.45) is 0. The molecule has 0 bridgehead atoms. The number of hydrogen-bond donors (Lipinski definition) is 1. The maximum Gasteiger partial charge on any atom is 0.292 e. The van der Waals surface area contributed by atoms with Gasteiger partial charge in [0.15, 0.2) is 5.58 Å². The van der Waals surface area contributed by atoms with Crippen LogP contribution < -0.4 is 5.73 Å². The van der Waals surface area contributed by atoms with E-state index in [1.807, 2.05) is 18.2 Å². The van der Waals surface area contributed by atoms with Gasteiger partial charge < -0.3 is 10.2 Å². The fourth-order valence-corrected chi connectivity index (χ4v) is 1.32. The van der Waals surface area contributed by atoms with Gasteiger partial charge in [0.1, 0.15) is 5.52 Å². The van der Waals surface area contributed by atoms with Crippen LogP contribution in [-0.2, 0) is 0 Å². The first-order chi connectivity index (χ1) is 6.16. The van der Waals surface area contributed by atoms with E-state index in [1.54, 1.807) is 0 Å². The van der Waals surface area contributed by atoms with Gasteiger partial charge in [-0.1, -0.05) is 19.9 Å². The molecule has 0 aliphatic heterocycles. The normalized spacial score (nSPS) is 11.3. The topological polar surface area (TPSA) is 52.0 Å². The summed E-state index contributed by atoms with van der Waals surface area (Å²) in [5.74, 6) is 0.502.